The summed E-state index contributed by atoms with van der Waals surface area (Å²) < 4.78 is 29.9. The maximum atomic E-state index is 12.2. The second-order valence-electron chi connectivity index (χ2n) is 5.41. The molecule has 0 bridgehead atoms. The standard InChI is InChI=1S/C16H15F2N5O3/c1-2-12(10-3-5-11(6-4-10)26-16(17)18)20-13-7-8-14-19-9-15(23(24)25)22(14)21-13/h3-9,12,16H,2H2,1H3,(H,20,21). The number of ether oxygens (including phenoxy) is 1. The van der Waals surface area contributed by atoms with E-state index in [2.05, 4.69) is 20.1 Å². The normalized spacial score (nSPS) is 12.3. The van der Waals surface area contributed by atoms with E-state index in [1.807, 2.05) is 6.92 Å². The molecule has 1 aromatic carbocycles. The van der Waals surface area contributed by atoms with Gasteiger partial charge in [-0.25, -0.2) is 4.98 Å². The van der Waals surface area contributed by atoms with E-state index in [1.54, 1.807) is 24.3 Å². The van der Waals surface area contributed by atoms with Crippen LogP contribution in [-0.2, 0) is 0 Å². The molecule has 1 atom stereocenters. The Morgan fingerprint density at radius 3 is 2.62 bits per heavy atom. The number of nitro groups is 1. The van der Waals surface area contributed by atoms with Crippen molar-refractivity contribution < 1.29 is 18.4 Å². The Bertz CT molecular complexity index is 914. The molecular formula is C16H15F2N5O3. The molecular weight excluding hydrogens is 348 g/mol. The number of anilines is 1. The van der Waals surface area contributed by atoms with E-state index in [0.29, 0.717) is 17.9 Å². The first kappa shape index (κ1) is 17.5. The van der Waals surface area contributed by atoms with Gasteiger partial charge in [-0.05, 0) is 35.1 Å². The average Bonchev–Trinajstić information content (AvgIpc) is 3.03. The van der Waals surface area contributed by atoms with Crippen LogP contribution in [0.5, 0.6) is 5.75 Å². The Balaban J connectivity index is 1.82. The van der Waals surface area contributed by atoms with Gasteiger partial charge in [0.05, 0.1) is 6.04 Å². The molecule has 0 aliphatic rings. The van der Waals surface area contributed by atoms with Gasteiger partial charge in [0.2, 0.25) is 5.65 Å². The van der Waals surface area contributed by atoms with Crippen molar-refractivity contribution in [2.75, 3.05) is 5.32 Å². The first-order valence-electron chi connectivity index (χ1n) is 7.78. The number of alkyl halides is 2. The molecule has 0 saturated carbocycles. The number of hydrogen-bond donors (Lipinski definition) is 1. The molecule has 3 aromatic rings. The number of nitrogens with zero attached hydrogens (tertiary/aromatic N) is 4. The Kier molecular flexibility index (Phi) is 4.92. The lowest BCUT2D eigenvalue weighted by atomic mass is 10.0. The van der Waals surface area contributed by atoms with Gasteiger partial charge in [-0.2, -0.15) is 8.78 Å². The third-order valence-corrected chi connectivity index (χ3v) is 3.77. The number of benzene rings is 1. The smallest absolute Gasteiger partial charge is 0.387 e. The summed E-state index contributed by atoms with van der Waals surface area (Å²) in [5.74, 6) is 0.274. The molecule has 2 aromatic heterocycles. The SMILES string of the molecule is CCC(Nc1ccc2ncc([N+](=O)[O-])n2n1)c1ccc(OC(F)F)cc1. The number of fused-ring (bicyclic) bond motifs is 1. The van der Waals surface area contributed by atoms with Gasteiger partial charge < -0.3 is 20.2 Å². The zero-order valence-electron chi connectivity index (χ0n) is 13.7. The molecule has 3 rings (SSSR count). The van der Waals surface area contributed by atoms with Crippen molar-refractivity contribution in [3.8, 4) is 5.75 Å². The van der Waals surface area contributed by atoms with Crippen molar-refractivity contribution in [2.24, 2.45) is 0 Å². The topological polar surface area (TPSA) is 94.6 Å². The van der Waals surface area contributed by atoms with Gasteiger partial charge in [-0.15, -0.1) is 0 Å². The van der Waals surface area contributed by atoms with E-state index < -0.39 is 11.5 Å². The molecule has 0 aliphatic carbocycles. The Labute approximate surface area is 146 Å². The van der Waals surface area contributed by atoms with Crippen molar-refractivity contribution in [3.63, 3.8) is 0 Å². The summed E-state index contributed by atoms with van der Waals surface area (Å²) >= 11 is 0. The van der Waals surface area contributed by atoms with Gasteiger partial charge >= 0.3 is 12.4 Å². The van der Waals surface area contributed by atoms with Gasteiger partial charge in [0.25, 0.3) is 0 Å². The molecule has 1 unspecified atom stereocenters. The highest BCUT2D eigenvalue weighted by atomic mass is 19.3. The van der Waals surface area contributed by atoms with E-state index in [9.17, 15) is 18.9 Å². The third-order valence-electron chi connectivity index (χ3n) is 3.77. The zero-order valence-corrected chi connectivity index (χ0v) is 13.7. The van der Waals surface area contributed by atoms with Crippen molar-refractivity contribution in [1.82, 2.24) is 14.6 Å². The number of nitrogens with one attached hydrogen (secondary N) is 1. The first-order chi connectivity index (χ1) is 12.5. The van der Waals surface area contributed by atoms with Crippen molar-refractivity contribution in [3.05, 3.63) is 58.3 Å². The van der Waals surface area contributed by atoms with Crippen LogP contribution in [0.15, 0.2) is 42.6 Å². The highest BCUT2D eigenvalue weighted by Gasteiger charge is 2.17. The molecule has 0 radical (unpaired) electrons. The van der Waals surface area contributed by atoms with E-state index in [-0.39, 0.29) is 17.6 Å². The van der Waals surface area contributed by atoms with E-state index in [0.717, 1.165) is 16.3 Å². The maximum absolute atomic E-state index is 12.2. The van der Waals surface area contributed by atoms with Crippen LogP contribution in [0, 0.1) is 10.1 Å². The molecule has 0 spiro atoms. The molecule has 0 amide bonds. The summed E-state index contributed by atoms with van der Waals surface area (Å²) in [5.41, 5.74) is 1.21. The predicted octanol–water partition coefficient (Wildman–Crippen LogP) is 3.80. The average molecular weight is 363 g/mol. The highest BCUT2D eigenvalue weighted by molar-refractivity contribution is 5.49. The minimum Gasteiger partial charge on any atom is -0.435 e. The second kappa shape index (κ2) is 7.30. The fourth-order valence-electron chi connectivity index (χ4n) is 2.54. The minimum absolute atomic E-state index is 0.0761. The van der Waals surface area contributed by atoms with Gasteiger partial charge in [-0.1, -0.05) is 28.7 Å². The Morgan fingerprint density at radius 1 is 1.27 bits per heavy atom. The highest BCUT2D eigenvalue weighted by Crippen LogP contribution is 2.25. The molecule has 26 heavy (non-hydrogen) atoms. The fraction of sp³-hybridized carbons (Fsp3) is 0.250. The molecule has 1 N–H and O–H groups in total. The van der Waals surface area contributed by atoms with Crippen LogP contribution in [0.25, 0.3) is 5.65 Å². The molecule has 136 valence electrons. The summed E-state index contributed by atoms with van der Waals surface area (Å²) in [6.45, 7) is -0.928. The number of hydrogen-bond acceptors (Lipinski definition) is 6. The monoisotopic (exact) mass is 363 g/mol. The quantitative estimate of drug-likeness (QED) is 0.507. The van der Waals surface area contributed by atoms with Crippen LogP contribution in [0.3, 0.4) is 0 Å². The maximum Gasteiger partial charge on any atom is 0.387 e. The summed E-state index contributed by atoms with van der Waals surface area (Å²) in [6.07, 6.45) is 1.83. The Hall–Kier alpha value is -3.30. The number of imidazole rings is 1. The summed E-state index contributed by atoms with van der Waals surface area (Å²) in [4.78, 5) is 14.4. The van der Waals surface area contributed by atoms with Crippen molar-refractivity contribution >= 4 is 17.3 Å². The van der Waals surface area contributed by atoms with E-state index in [1.165, 1.54) is 12.1 Å². The minimum atomic E-state index is -2.87. The lowest BCUT2D eigenvalue weighted by Gasteiger charge is -2.18. The summed E-state index contributed by atoms with van der Waals surface area (Å²) in [5, 5.41) is 18.4. The number of rotatable bonds is 7. The molecule has 10 heteroatoms. The summed E-state index contributed by atoms with van der Waals surface area (Å²) in [6, 6.07) is 9.40. The van der Waals surface area contributed by atoms with Gasteiger partial charge in [0, 0.05) is 6.07 Å². The second-order valence-corrected chi connectivity index (χ2v) is 5.41. The lowest BCUT2D eigenvalue weighted by molar-refractivity contribution is -0.391. The molecule has 0 fully saturated rings. The molecule has 0 aliphatic heterocycles. The van der Waals surface area contributed by atoms with Crippen LogP contribution >= 0.6 is 0 Å². The van der Waals surface area contributed by atoms with Gasteiger partial charge in [-0.3, -0.25) is 0 Å². The third kappa shape index (κ3) is 3.68. The Morgan fingerprint density at radius 2 is 2.00 bits per heavy atom. The van der Waals surface area contributed by atoms with Crippen LogP contribution in [0.2, 0.25) is 0 Å². The van der Waals surface area contributed by atoms with Gasteiger partial charge in [0.15, 0.2) is 5.82 Å². The summed E-state index contributed by atoms with van der Waals surface area (Å²) in [7, 11) is 0. The molecule has 2 heterocycles. The largest absolute Gasteiger partial charge is 0.435 e. The lowest BCUT2D eigenvalue weighted by Crippen LogP contribution is -2.12. The van der Waals surface area contributed by atoms with Gasteiger partial charge in [0.1, 0.15) is 11.9 Å². The van der Waals surface area contributed by atoms with E-state index >= 15 is 0 Å². The molecule has 8 nitrogen and oxygen atoms in total. The fourth-order valence-corrected chi connectivity index (χ4v) is 2.54. The zero-order chi connectivity index (χ0) is 18.7. The van der Waals surface area contributed by atoms with Crippen molar-refractivity contribution in [1.29, 1.82) is 0 Å². The van der Waals surface area contributed by atoms with Crippen molar-refractivity contribution in [2.45, 2.75) is 26.0 Å². The first-order valence-corrected chi connectivity index (χ1v) is 7.78. The molecule has 0 saturated heterocycles. The van der Waals surface area contributed by atoms with E-state index in [4.69, 9.17) is 0 Å². The van der Waals surface area contributed by atoms with Crippen LogP contribution in [0.1, 0.15) is 24.9 Å². The number of aromatic nitrogens is 3. The van der Waals surface area contributed by atoms with Crippen LogP contribution in [0.4, 0.5) is 20.4 Å². The number of halogens is 2. The predicted molar refractivity (Wildman–Crippen MR) is 89.4 cm³/mol. The van der Waals surface area contributed by atoms with Crippen LogP contribution < -0.4 is 10.1 Å². The van der Waals surface area contributed by atoms with Crippen LogP contribution in [-0.4, -0.2) is 26.1 Å².